The number of carbonyl (C=O) groups is 2. The van der Waals surface area contributed by atoms with E-state index in [1.165, 1.54) is 6.07 Å². The molecule has 1 aliphatic heterocycles. The molecule has 0 saturated carbocycles. The van der Waals surface area contributed by atoms with Crippen LogP contribution in [0.4, 0.5) is 11.4 Å². The summed E-state index contributed by atoms with van der Waals surface area (Å²) in [6.07, 6.45) is 1.44. The van der Waals surface area contributed by atoms with E-state index in [1.54, 1.807) is 60.3 Å². The number of likely N-dealkylation sites (tertiary alicyclic amines) is 1. The Morgan fingerprint density at radius 3 is 2.31 bits per heavy atom. The Kier molecular flexibility index (Phi) is 5.93. The second-order valence-corrected chi connectivity index (χ2v) is 7.36. The Labute approximate surface area is 169 Å². The summed E-state index contributed by atoms with van der Waals surface area (Å²) in [6, 6.07) is 11.0. The minimum Gasteiger partial charge on any atom is -0.372 e. The minimum absolute atomic E-state index is 0.0895. The van der Waals surface area contributed by atoms with Gasteiger partial charge in [0.15, 0.2) is 5.78 Å². The Bertz CT molecular complexity index is 949. The van der Waals surface area contributed by atoms with E-state index < -0.39 is 10.7 Å². The molecular weight excluding hydrogens is 372 g/mol. The van der Waals surface area contributed by atoms with Crippen molar-refractivity contribution in [1.29, 1.82) is 0 Å². The third-order valence-corrected chi connectivity index (χ3v) is 5.15. The quantitative estimate of drug-likeness (QED) is 0.472. The first-order chi connectivity index (χ1) is 13.8. The number of hydrogen-bond donors (Lipinski definition) is 1. The monoisotopic (exact) mass is 396 g/mol. The highest BCUT2D eigenvalue weighted by Gasteiger charge is 2.26. The molecule has 29 heavy (non-hydrogen) atoms. The average molecular weight is 396 g/mol. The Balaban J connectivity index is 1.96. The summed E-state index contributed by atoms with van der Waals surface area (Å²) in [5.74, 6) is -0.642. The lowest BCUT2D eigenvalue weighted by atomic mass is 9.96. The number of anilines is 1. The second-order valence-electron chi connectivity index (χ2n) is 7.36. The Morgan fingerprint density at radius 1 is 1.10 bits per heavy atom. The van der Waals surface area contributed by atoms with E-state index >= 15 is 0 Å². The summed E-state index contributed by atoms with van der Waals surface area (Å²) >= 11 is 0. The molecule has 2 N–H and O–H groups in total. The highest BCUT2D eigenvalue weighted by Crippen LogP contribution is 2.29. The predicted octanol–water partition coefficient (Wildman–Crippen LogP) is 2.46. The smallest absolute Gasteiger partial charge is 0.293 e. The number of nitrogens with zero attached hydrogens (tertiary/aromatic N) is 3. The summed E-state index contributed by atoms with van der Waals surface area (Å²) in [5.41, 5.74) is 6.86. The van der Waals surface area contributed by atoms with Crippen molar-refractivity contribution in [2.45, 2.75) is 18.9 Å². The standard InChI is InChI=1S/C21H24N4O4/c1-23(2)18-8-7-14(13-19(18)25(28)29)20(26)16-5-3-4-6-17(16)21(27)24-11-9-15(22)10-12-24/h3-8,13,15H,9-12,22H2,1-2H3. The normalized spacial score (nSPS) is 14.5. The van der Waals surface area contributed by atoms with E-state index in [0.29, 0.717) is 24.3 Å². The largest absolute Gasteiger partial charge is 0.372 e. The molecule has 2 aromatic carbocycles. The molecule has 0 aliphatic carbocycles. The number of benzene rings is 2. The van der Waals surface area contributed by atoms with Crippen LogP contribution in [0.5, 0.6) is 0 Å². The number of piperidine rings is 1. The van der Waals surface area contributed by atoms with E-state index in [4.69, 9.17) is 5.73 Å². The van der Waals surface area contributed by atoms with Crippen LogP contribution in [0, 0.1) is 10.1 Å². The van der Waals surface area contributed by atoms with Gasteiger partial charge in [-0.25, -0.2) is 0 Å². The van der Waals surface area contributed by atoms with Gasteiger partial charge in [-0.05, 0) is 31.0 Å². The SMILES string of the molecule is CN(C)c1ccc(C(=O)c2ccccc2C(=O)N2CCC(N)CC2)cc1[N+](=O)[O-]. The molecule has 0 unspecified atom stereocenters. The molecule has 0 bridgehead atoms. The summed E-state index contributed by atoms with van der Waals surface area (Å²) < 4.78 is 0. The maximum Gasteiger partial charge on any atom is 0.293 e. The van der Waals surface area contributed by atoms with Gasteiger partial charge in [-0.1, -0.05) is 18.2 Å². The van der Waals surface area contributed by atoms with Crippen molar-refractivity contribution in [3.05, 3.63) is 69.3 Å². The molecule has 0 radical (unpaired) electrons. The number of amides is 1. The maximum atomic E-state index is 13.1. The molecule has 1 heterocycles. The average Bonchev–Trinajstić information content (AvgIpc) is 2.72. The van der Waals surface area contributed by atoms with Crippen molar-refractivity contribution in [3.8, 4) is 0 Å². The van der Waals surface area contributed by atoms with Crippen LogP contribution in [-0.2, 0) is 0 Å². The first-order valence-corrected chi connectivity index (χ1v) is 9.44. The third-order valence-electron chi connectivity index (χ3n) is 5.15. The fourth-order valence-corrected chi connectivity index (χ4v) is 3.49. The highest BCUT2D eigenvalue weighted by atomic mass is 16.6. The molecule has 3 rings (SSSR count). The lowest BCUT2D eigenvalue weighted by molar-refractivity contribution is -0.384. The van der Waals surface area contributed by atoms with E-state index in [0.717, 1.165) is 12.8 Å². The second kappa shape index (κ2) is 8.40. The van der Waals surface area contributed by atoms with Gasteiger partial charge in [-0.15, -0.1) is 0 Å². The van der Waals surface area contributed by atoms with Crippen LogP contribution in [0.3, 0.4) is 0 Å². The molecule has 0 atom stereocenters. The molecule has 1 aliphatic rings. The summed E-state index contributed by atoms with van der Waals surface area (Å²) in [5, 5.41) is 11.4. The molecule has 0 aromatic heterocycles. The van der Waals surface area contributed by atoms with Crippen LogP contribution in [-0.4, -0.2) is 54.7 Å². The number of nitro groups is 1. The zero-order valence-corrected chi connectivity index (χ0v) is 16.5. The van der Waals surface area contributed by atoms with Gasteiger partial charge in [0.25, 0.3) is 11.6 Å². The van der Waals surface area contributed by atoms with Gasteiger partial charge < -0.3 is 15.5 Å². The maximum absolute atomic E-state index is 13.1. The summed E-state index contributed by atoms with van der Waals surface area (Å²) in [7, 11) is 3.39. The van der Waals surface area contributed by atoms with Gasteiger partial charge in [-0.2, -0.15) is 0 Å². The Morgan fingerprint density at radius 2 is 1.72 bits per heavy atom. The van der Waals surface area contributed by atoms with Crippen LogP contribution in [0.1, 0.15) is 39.1 Å². The van der Waals surface area contributed by atoms with Crippen molar-refractivity contribution in [2.75, 3.05) is 32.1 Å². The molecule has 152 valence electrons. The van der Waals surface area contributed by atoms with E-state index in [9.17, 15) is 19.7 Å². The number of nitrogens with two attached hydrogens (primary N) is 1. The summed E-state index contributed by atoms with van der Waals surface area (Å²) in [4.78, 5) is 40.4. The van der Waals surface area contributed by atoms with Crippen molar-refractivity contribution < 1.29 is 14.5 Å². The molecule has 1 amide bonds. The first kappa shape index (κ1) is 20.5. The number of rotatable bonds is 5. The fourth-order valence-electron chi connectivity index (χ4n) is 3.49. The molecule has 2 aromatic rings. The van der Waals surface area contributed by atoms with Gasteiger partial charge in [0.2, 0.25) is 0 Å². The van der Waals surface area contributed by atoms with Crippen LogP contribution in [0.15, 0.2) is 42.5 Å². The van der Waals surface area contributed by atoms with Crippen molar-refractivity contribution >= 4 is 23.1 Å². The Hall–Kier alpha value is -3.26. The zero-order chi connectivity index (χ0) is 21.1. The van der Waals surface area contributed by atoms with Gasteiger partial charge in [-0.3, -0.25) is 19.7 Å². The first-order valence-electron chi connectivity index (χ1n) is 9.44. The van der Waals surface area contributed by atoms with Gasteiger partial charge >= 0.3 is 0 Å². The number of hydrogen-bond acceptors (Lipinski definition) is 6. The fraction of sp³-hybridized carbons (Fsp3) is 0.333. The lowest BCUT2D eigenvalue weighted by Gasteiger charge is -2.30. The highest BCUT2D eigenvalue weighted by molar-refractivity contribution is 6.15. The molecule has 1 fully saturated rings. The van der Waals surface area contributed by atoms with Crippen LogP contribution in [0.2, 0.25) is 0 Å². The van der Waals surface area contributed by atoms with Gasteiger partial charge in [0, 0.05) is 50.4 Å². The topological polar surface area (TPSA) is 110 Å². The molecule has 8 heteroatoms. The molecule has 1 saturated heterocycles. The summed E-state index contributed by atoms with van der Waals surface area (Å²) in [6.45, 7) is 1.09. The van der Waals surface area contributed by atoms with Gasteiger partial charge in [0.05, 0.1) is 10.5 Å². The van der Waals surface area contributed by atoms with Crippen molar-refractivity contribution in [1.82, 2.24) is 4.90 Å². The third kappa shape index (κ3) is 4.27. The van der Waals surface area contributed by atoms with Crippen LogP contribution in [0.25, 0.3) is 0 Å². The van der Waals surface area contributed by atoms with Crippen molar-refractivity contribution in [3.63, 3.8) is 0 Å². The minimum atomic E-state index is -0.514. The molecular formula is C21H24N4O4. The van der Waals surface area contributed by atoms with E-state index in [2.05, 4.69) is 0 Å². The van der Waals surface area contributed by atoms with Crippen LogP contribution >= 0.6 is 0 Å². The van der Waals surface area contributed by atoms with Gasteiger partial charge in [0.1, 0.15) is 5.69 Å². The van der Waals surface area contributed by atoms with E-state index in [1.807, 2.05) is 0 Å². The van der Waals surface area contributed by atoms with Crippen molar-refractivity contribution in [2.24, 2.45) is 5.73 Å². The van der Waals surface area contributed by atoms with E-state index in [-0.39, 0.29) is 28.8 Å². The van der Waals surface area contributed by atoms with Crippen LogP contribution < -0.4 is 10.6 Å². The number of ketones is 1. The zero-order valence-electron chi connectivity index (χ0n) is 16.5. The predicted molar refractivity (Wildman–Crippen MR) is 110 cm³/mol. The number of nitro benzene ring substituents is 1. The number of carbonyl (C=O) groups excluding carboxylic acids is 2. The lowest BCUT2D eigenvalue weighted by Crippen LogP contribution is -2.43. The molecule has 0 spiro atoms. The molecule has 8 nitrogen and oxygen atoms in total.